The van der Waals surface area contributed by atoms with E-state index >= 15 is 0 Å². The van der Waals surface area contributed by atoms with Crippen LogP contribution in [0.25, 0.3) is 11.3 Å². The number of hydrogen-bond acceptors (Lipinski definition) is 1. The predicted octanol–water partition coefficient (Wildman–Crippen LogP) is 6.66. The molecule has 1 aliphatic carbocycles. The lowest BCUT2D eigenvalue weighted by atomic mass is 9.57. The van der Waals surface area contributed by atoms with Gasteiger partial charge in [-0.3, -0.25) is 4.98 Å². The van der Waals surface area contributed by atoms with Crippen LogP contribution in [0.1, 0.15) is 77.3 Å². The molecule has 0 amide bonds. The molecule has 128 valence electrons. The Kier molecular flexibility index (Phi) is 4.80. The van der Waals surface area contributed by atoms with Gasteiger partial charge in [-0.2, -0.15) is 0 Å². The SMILES string of the molecule is CCC1(CC)CCC(CC)(CC)c2cc(-c3ccccn3)ccc21. The van der Waals surface area contributed by atoms with Crippen molar-refractivity contribution >= 4 is 0 Å². The Balaban J connectivity index is 2.21. The molecule has 2 aromatic rings. The number of pyridine rings is 1. The van der Waals surface area contributed by atoms with Gasteiger partial charge in [-0.05, 0) is 78.7 Å². The summed E-state index contributed by atoms with van der Waals surface area (Å²) in [6.45, 7) is 9.47. The lowest BCUT2D eigenvalue weighted by Crippen LogP contribution is -2.39. The molecule has 0 aliphatic heterocycles. The molecule has 0 saturated heterocycles. The molecule has 0 unspecified atom stereocenters. The average Bonchev–Trinajstić information content (AvgIpc) is 2.67. The van der Waals surface area contributed by atoms with Gasteiger partial charge in [0.15, 0.2) is 0 Å². The molecule has 24 heavy (non-hydrogen) atoms. The van der Waals surface area contributed by atoms with Crippen LogP contribution in [0.3, 0.4) is 0 Å². The zero-order valence-corrected chi connectivity index (χ0v) is 15.7. The second-order valence-corrected chi connectivity index (χ2v) is 7.45. The van der Waals surface area contributed by atoms with Gasteiger partial charge in [0.2, 0.25) is 0 Å². The van der Waals surface area contributed by atoms with Crippen molar-refractivity contribution in [1.82, 2.24) is 4.98 Å². The van der Waals surface area contributed by atoms with E-state index in [9.17, 15) is 0 Å². The highest BCUT2D eigenvalue weighted by atomic mass is 14.7. The molecule has 1 heteroatoms. The molecule has 0 radical (unpaired) electrons. The first-order chi connectivity index (χ1) is 11.6. The van der Waals surface area contributed by atoms with Crippen molar-refractivity contribution in [2.24, 2.45) is 0 Å². The Bertz CT molecular complexity index is 678. The Labute approximate surface area is 147 Å². The maximum atomic E-state index is 4.57. The molecule has 0 fully saturated rings. The van der Waals surface area contributed by atoms with Crippen molar-refractivity contribution in [1.29, 1.82) is 0 Å². The minimum Gasteiger partial charge on any atom is -0.256 e. The van der Waals surface area contributed by atoms with E-state index in [0.717, 1.165) is 5.69 Å². The highest BCUT2D eigenvalue weighted by Gasteiger charge is 2.43. The van der Waals surface area contributed by atoms with E-state index in [1.807, 2.05) is 12.3 Å². The number of hydrogen-bond donors (Lipinski definition) is 0. The summed E-state index contributed by atoms with van der Waals surface area (Å²) in [7, 11) is 0. The van der Waals surface area contributed by atoms with Gasteiger partial charge in [-0.1, -0.05) is 45.9 Å². The second-order valence-electron chi connectivity index (χ2n) is 7.45. The van der Waals surface area contributed by atoms with Crippen LogP contribution in [-0.4, -0.2) is 4.98 Å². The van der Waals surface area contributed by atoms with Crippen LogP contribution in [-0.2, 0) is 10.8 Å². The molecule has 1 aromatic carbocycles. The van der Waals surface area contributed by atoms with Gasteiger partial charge in [0.1, 0.15) is 0 Å². The lowest BCUT2D eigenvalue weighted by Gasteiger charge is -2.48. The number of aromatic nitrogens is 1. The molecule has 0 saturated carbocycles. The summed E-state index contributed by atoms with van der Waals surface area (Å²) in [5.74, 6) is 0. The van der Waals surface area contributed by atoms with Gasteiger partial charge in [-0.15, -0.1) is 0 Å². The van der Waals surface area contributed by atoms with Crippen LogP contribution in [0.4, 0.5) is 0 Å². The summed E-state index contributed by atoms with van der Waals surface area (Å²) in [6.07, 6.45) is 9.48. The maximum Gasteiger partial charge on any atom is 0.0702 e. The molecule has 0 atom stereocenters. The van der Waals surface area contributed by atoms with E-state index < -0.39 is 0 Å². The summed E-state index contributed by atoms with van der Waals surface area (Å²) in [6, 6.07) is 13.4. The molecule has 3 rings (SSSR count). The van der Waals surface area contributed by atoms with Crippen LogP contribution in [0, 0.1) is 0 Å². The van der Waals surface area contributed by atoms with E-state index in [0.29, 0.717) is 10.8 Å². The zero-order chi connectivity index (χ0) is 17.2. The third-order valence-electron chi connectivity index (χ3n) is 6.91. The molecular weight excluding hydrogens is 290 g/mol. The summed E-state index contributed by atoms with van der Waals surface area (Å²) >= 11 is 0. The van der Waals surface area contributed by atoms with Crippen LogP contribution >= 0.6 is 0 Å². The van der Waals surface area contributed by atoms with E-state index in [1.54, 1.807) is 11.1 Å². The highest BCUT2D eigenvalue weighted by molar-refractivity contribution is 5.63. The molecule has 1 aromatic heterocycles. The normalized spacial score (nSPS) is 18.2. The van der Waals surface area contributed by atoms with Crippen LogP contribution in [0.2, 0.25) is 0 Å². The van der Waals surface area contributed by atoms with Crippen molar-refractivity contribution in [2.75, 3.05) is 0 Å². The van der Waals surface area contributed by atoms with Crippen molar-refractivity contribution in [3.8, 4) is 11.3 Å². The smallest absolute Gasteiger partial charge is 0.0702 e. The first kappa shape index (κ1) is 17.2. The van der Waals surface area contributed by atoms with E-state index in [2.05, 4.69) is 63.0 Å². The minimum atomic E-state index is 0.341. The third-order valence-corrected chi connectivity index (χ3v) is 6.91. The zero-order valence-electron chi connectivity index (χ0n) is 15.7. The molecule has 0 N–H and O–H groups in total. The molecular formula is C23H31N. The molecule has 1 heterocycles. The Morgan fingerprint density at radius 1 is 0.792 bits per heavy atom. The number of benzene rings is 1. The van der Waals surface area contributed by atoms with Gasteiger partial charge in [-0.25, -0.2) is 0 Å². The van der Waals surface area contributed by atoms with Gasteiger partial charge < -0.3 is 0 Å². The highest BCUT2D eigenvalue weighted by Crippen LogP contribution is 2.52. The largest absolute Gasteiger partial charge is 0.256 e. The van der Waals surface area contributed by atoms with E-state index in [4.69, 9.17) is 0 Å². The Morgan fingerprint density at radius 2 is 1.42 bits per heavy atom. The van der Waals surface area contributed by atoms with Gasteiger partial charge in [0.05, 0.1) is 5.69 Å². The fraction of sp³-hybridized carbons (Fsp3) is 0.522. The molecule has 1 aliphatic rings. The van der Waals surface area contributed by atoms with E-state index in [1.165, 1.54) is 44.1 Å². The summed E-state index contributed by atoms with van der Waals surface area (Å²) in [5, 5.41) is 0. The first-order valence-corrected chi connectivity index (χ1v) is 9.71. The topological polar surface area (TPSA) is 12.9 Å². The summed E-state index contributed by atoms with van der Waals surface area (Å²) < 4.78 is 0. The fourth-order valence-corrected chi connectivity index (χ4v) is 4.86. The maximum absolute atomic E-state index is 4.57. The summed E-state index contributed by atoms with van der Waals surface area (Å²) in [5.41, 5.74) is 6.28. The van der Waals surface area contributed by atoms with Crippen molar-refractivity contribution < 1.29 is 0 Å². The molecule has 0 bridgehead atoms. The van der Waals surface area contributed by atoms with Crippen molar-refractivity contribution in [3.63, 3.8) is 0 Å². The van der Waals surface area contributed by atoms with Crippen LogP contribution in [0.5, 0.6) is 0 Å². The number of fused-ring (bicyclic) bond motifs is 1. The summed E-state index contributed by atoms with van der Waals surface area (Å²) in [4.78, 5) is 4.57. The lowest BCUT2D eigenvalue weighted by molar-refractivity contribution is 0.239. The monoisotopic (exact) mass is 321 g/mol. The standard InChI is InChI=1S/C23H31N/c1-5-22(6-2)14-15-23(7-3,8-4)20-17-18(12-13-19(20)22)21-11-9-10-16-24-21/h9-13,16-17H,5-8,14-15H2,1-4H3. The van der Waals surface area contributed by atoms with Gasteiger partial charge in [0.25, 0.3) is 0 Å². The Morgan fingerprint density at radius 3 is 1.96 bits per heavy atom. The first-order valence-electron chi connectivity index (χ1n) is 9.71. The van der Waals surface area contributed by atoms with Crippen molar-refractivity contribution in [3.05, 3.63) is 53.7 Å². The average molecular weight is 322 g/mol. The quantitative estimate of drug-likeness (QED) is 0.600. The predicted molar refractivity (Wildman–Crippen MR) is 103 cm³/mol. The Hall–Kier alpha value is -1.63. The van der Waals surface area contributed by atoms with Crippen LogP contribution in [0.15, 0.2) is 42.6 Å². The molecule has 1 nitrogen and oxygen atoms in total. The van der Waals surface area contributed by atoms with Gasteiger partial charge >= 0.3 is 0 Å². The second kappa shape index (κ2) is 6.70. The van der Waals surface area contributed by atoms with E-state index in [-0.39, 0.29) is 0 Å². The van der Waals surface area contributed by atoms with Crippen molar-refractivity contribution in [2.45, 2.75) is 77.0 Å². The minimum absolute atomic E-state index is 0.341. The van der Waals surface area contributed by atoms with Crippen LogP contribution < -0.4 is 0 Å². The van der Waals surface area contributed by atoms with Gasteiger partial charge in [0, 0.05) is 11.8 Å². The fourth-order valence-electron chi connectivity index (χ4n) is 4.86. The number of nitrogens with zero attached hydrogens (tertiary/aromatic N) is 1. The third kappa shape index (κ3) is 2.59. The number of rotatable bonds is 5. The molecule has 0 spiro atoms.